The predicted octanol–water partition coefficient (Wildman–Crippen LogP) is 3.70. The van der Waals surface area contributed by atoms with Crippen molar-refractivity contribution < 1.29 is 13.2 Å². The number of nitrogens with one attached hydrogen (secondary N) is 1. The van der Waals surface area contributed by atoms with Crippen molar-refractivity contribution in [2.24, 2.45) is 5.92 Å². The fraction of sp³-hybridized carbons (Fsp3) is 0.600. The minimum absolute atomic E-state index is 0.0505. The summed E-state index contributed by atoms with van der Waals surface area (Å²) in [6.07, 6.45) is 5.28. The normalized spacial score (nSPS) is 23.0. The lowest BCUT2D eigenvalue weighted by Crippen LogP contribution is -2.38. The smallest absolute Gasteiger partial charge is 0.240 e. The van der Waals surface area contributed by atoms with Crippen LogP contribution in [0.5, 0.6) is 5.75 Å². The van der Waals surface area contributed by atoms with Gasteiger partial charge in [-0.2, -0.15) is 0 Å². The molecule has 2 atom stereocenters. The van der Waals surface area contributed by atoms with Crippen molar-refractivity contribution in [3.63, 3.8) is 0 Å². The first kappa shape index (κ1) is 16.8. The first-order valence-corrected chi connectivity index (χ1v) is 9.59. The van der Waals surface area contributed by atoms with Crippen LogP contribution in [0.15, 0.2) is 27.6 Å². The lowest BCUT2D eigenvalue weighted by atomic mass is 9.85. The van der Waals surface area contributed by atoms with Gasteiger partial charge in [-0.05, 0) is 52.9 Å². The van der Waals surface area contributed by atoms with Crippen LogP contribution in [0, 0.1) is 5.92 Å². The van der Waals surface area contributed by atoms with E-state index in [1.165, 1.54) is 6.42 Å². The van der Waals surface area contributed by atoms with Crippen molar-refractivity contribution >= 4 is 26.0 Å². The summed E-state index contributed by atoms with van der Waals surface area (Å²) in [6, 6.07) is 4.87. The maximum Gasteiger partial charge on any atom is 0.240 e. The summed E-state index contributed by atoms with van der Waals surface area (Å²) in [6.45, 7) is 2.17. The number of ether oxygens (including phenoxy) is 1. The molecule has 1 aromatic carbocycles. The molecule has 0 radical (unpaired) electrons. The molecule has 0 spiro atoms. The number of methoxy groups -OCH3 is 1. The van der Waals surface area contributed by atoms with Gasteiger partial charge in [0.1, 0.15) is 5.75 Å². The predicted molar refractivity (Wildman–Crippen MR) is 87.1 cm³/mol. The van der Waals surface area contributed by atoms with Crippen molar-refractivity contribution in [1.82, 2.24) is 4.72 Å². The Morgan fingerprint density at radius 3 is 2.76 bits per heavy atom. The van der Waals surface area contributed by atoms with Crippen LogP contribution in [0.2, 0.25) is 0 Å². The summed E-state index contributed by atoms with van der Waals surface area (Å²) in [5, 5.41) is 0. The second kappa shape index (κ2) is 7.11. The fourth-order valence-electron chi connectivity index (χ4n) is 2.87. The second-order valence-electron chi connectivity index (χ2n) is 5.56. The molecule has 118 valence electrons. The van der Waals surface area contributed by atoms with E-state index in [9.17, 15) is 8.42 Å². The monoisotopic (exact) mass is 375 g/mol. The van der Waals surface area contributed by atoms with Gasteiger partial charge in [0.15, 0.2) is 0 Å². The van der Waals surface area contributed by atoms with Crippen LogP contribution in [0.1, 0.15) is 39.0 Å². The van der Waals surface area contributed by atoms with Gasteiger partial charge < -0.3 is 4.74 Å². The van der Waals surface area contributed by atoms with Gasteiger partial charge in [0.05, 0.1) is 16.5 Å². The summed E-state index contributed by atoms with van der Waals surface area (Å²) in [5.41, 5.74) is 0. The lowest BCUT2D eigenvalue weighted by Gasteiger charge is -2.28. The number of sulfonamides is 1. The number of halogens is 1. The van der Waals surface area contributed by atoms with E-state index in [1.54, 1.807) is 25.3 Å². The molecule has 0 aliphatic heterocycles. The van der Waals surface area contributed by atoms with Crippen LogP contribution in [0.25, 0.3) is 0 Å². The molecule has 1 aromatic rings. The zero-order chi connectivity index (χ0) is 15.5. The third-order valence-corrected chi connectivity index (χ3v) is 6.25. The molecular formula is C15H22BrNO3S. The molecule has 1 N–H and O–H groups in total. The molecule has 2 rings (SSSR count). The highest BCUT2D eigenvalue weighted by Crippen LogP contribution is 2.30. The molecule has 0 aromatic heterocycles. The maximum atomic E-state index is 12.5. The molecule has 0 bridgehead atoms. The SMILES string of the molecule is CCC1CCCC(NS(=O)(=O)c2ccc(OC)c(Br)c2)C1. The maximum absolute atomic E-state index is 12.5. The lowest BCUT2D eigenvalue weighted by molar-refractivity contribution is 0.301. The highest BCUT2D eigenvalue weighted by Gasteiger charge is 2.26. The van der Waals surface area contributed by atoms with Crippen molar-refractivity contribution in [2.45, 2.75) is 50.0 Å². The van der Waals surface area contributed by atoms with E-state index in [2.05, 4.69) is 27.6 Å². The molecule has 21 heavy (non-hydrogen) atoms. The van der Waals surface area contributed by atoms with Crippen LogP contribution in [0.4, 0.5) is 0 Å². The van der Waals surface area contributed by atoms with Gasteiger partial charge in [0, 0.05) is 6.04 Å². The van der Waals surface area contributed by atoms with Crippen LogP contribution < -0.4 is 9.46 Å². The fourth-order valence-corrected chi connectivity index (χ4v) is 4.87. The Morgan fingerprint density at radius 1 is 1.38 bits per heavy atom. The van der Waals surface area contributed by atoms with Gasteiger partial charge >= 0.3 is 0 Å². The van der Waals surface area contributed by atoms with Gasteiger partial charge in [-0.3, -0.25) is 0 Å². The number of hydrogen-bond donors (Lipinski definition) is 1. The van der Waals surface area contributed by atoms with E-state index < -0.39 is 10.0 Å². The van der Waals surface area contributed by atoms with E-state index >= 15 is 0 Å². The average Bonchev–Trinajstić information content (AvgIpc) is 2.47. The van der Waals surface area contributed by atoms with Crippen LogP contribution in [0.3, 0.4) is 0 Å². The van der Waals surface area contributed by atoms with Gasteiger partial charge in [0.2, 0.25) is 10.0 Å². The molecule has 1 aliphatic carbocycles. The first-order chi connectivity index (χ1) is 9.96. The Balaban J connectivity index is 2.13. The molecule has 0 saturated heterocycles. The number of benzene rings is 1. The zero-order valence-corrected chi connectivity index (χ0v) is 14.8. The van der Waals surface area contributed by atoms with Crippen molar-refractivity contribution in [3.05, 3.63) is 22.7 Å². The molecule has 1 aliphatic rings. The molecule has 1 fully saturated rings. The van der Waals surface area contributed by atoms with E-state index in [0.717, 1.165) is 25.7 Å². The summed E-state index contributed by atoms with van der Waals surface area (Å²) < 4.78 is 33.6. The molecule has 6 heteroatoms. The Bertz CT molecular complexity index is 589. The van der Waals surface area contributed by atoms with Gasteiger partial charge in [0.25, 0.3) is 0 Å². The van der Waals surface area contributed by atoms with Crippen molar-refractivity contribution in [3.8, 4) is 5.75 Å². The highest BCUT2D eigenvalue weighted by molar-refractivity contribution is 9.10. The highest BCUT2D eigenvalue weighted by atomic mass is 79.9. The Kier molecular flexibility index (Phi) is 5.68. The van der Waals surface area contributed by atoms with Crippen LogP contribution in [-0.4, -0.2) is 21.6 Å². The second-order valence-corrected chi connectivity index (χ2v) is 8.12. The molecule has 0 heterocycles. The quantitative estimate of drug-likeness (QED) is 0.853. The van der Waals surface area contributed by atoms with Crippen LogP contribution in [-0.2, 0) is 10.0 Å². The molecule has 1 saturated carbocycles. The van der Waals surface area contributed by atoms with E-state index in [1.807, 2.05) is 0 Å². The van der Waals surface area contributed by atoms with Crippen molar-refractivity contribution in [1.29, 1.82) is 0 Å². The van der Waals surface area contributed by atoms with E-state index in [4.69, 9.17) is 4.74 Å². The Morgan fingerprint density at radius 2 is 2.14 bits per heavy atom. The Labute approximate surface area is 135 Å². The Hall–Kier alpha value is -0.590. The van der Waals surface area contributed by atoms with Gasteiger partial charge in [-0.15, -0.1) is 0 Å². The minimum Gasteiger partial charge on any atom is -0.496 e. The summed E-state index contributed by atoms with van der Waals surface area (Å²) >= 11 is 3.33. The topological polar surface area (TPSA) is 55.4 Å². The van der Waals surface area contributed by atoms with E-state index in [-0.39, 0.29) is 10.9 Å². The zero-order valence-electron chi connectivity index (χ0n) is 12.4. The van der Waals surface area contributed by atoms with Crippen molar-refractivity contribution in [2.75, 3.05) is 7.11 Å². The standard InChI is InChI=1S/C15H22BrNO3S/c1-3-11-5-4-6-12(9-11)17-21(18,19)13-7-8-15(20-2)14(16)10-13/h7-8,10-12,17H,3-6,9H2,1-2H3. The summed E-state index contributed by atoms with van der Waals surface area (Å²) in [5.74, 6) is 1.26. The number of hydrogen-bond acceptors (Lipinski definition) is 3. The molecule has 4 nitrogen and oxygen atoms in total. The molecular weight excluding hydrogens is 354 g/mol. The summed E-state index contributed by atoms with van der Waals surface area (Å²) in [4.78, 5) is 0.272. The number of rotatable bonds is 5. The van der Waals surface area contributed by atoms with Gasteiger partial charge in [-0.1, -0.05) is 26.2 Å². The molecule has 2 unspecified atom stereocenters. The third kappa shape index (κ3) is 4.20. The largest absolute Gasteiger partial charge is 0.496 e. The minimum atomic E-state index is -3.47. The molecule has 0 amide bonds. The van der Waals surface area contributed by atoms with E-state index in [0.29, 0.717) is 16.1 Å². The third-order valence-electron chi connectivity index (χ3n) is 4.12. The van der Waals surface area contributed by atoms with Crippen LogP contribution >= 0.6 is 15.9 Å². The first-order valence-electron chi connectivity index (χ1n) is 7.32. The average molecular weight is 376 g/mol. The summed E-state index contributed by atoms with van der Waals surface area (Å²) in [7, 11) is -1.92. The van der Waals surface area contributed by atoms with Gasteiger partial charge in [-0.25, -0.2) is 13.1 Å².